The summed E-state index contributed by atoms with van der Waals surface area (Å²) in [6.07, 6.45) is -4.92. The van der Waals surface area contributed by atoms with Crippen LogP contribution in [0.3, 0.4) is 0 Å². The largest absolute Gasteiger partial charge is 0.497 e. The van der Waals surface area contributed by atoms with Crippen molar-refractivity contribution in [3.8, 4) is 5.75 Å². The molecule has 0 aliphatic rings. The van der Waals surface area contributed by atoms with Crippen molar-refractivity contribution in [3.63, 3.8) is 0 Å². The van der Waals surface area contributed by atoms with E-state index >= 15 is 0 Å². The highest BCUT2D eigenvalue weighted by Gasteiger charge is 2.41. The quantitative estimate of drug-likeness (QED) is 0.828. The average molecular weight is 380 g/mol. The van der Waals surface area contributed by atoms with Crippen molar-refractivity contribution < 1.29 is 27.5 Å². The lowest BCUT2D eigenvalue weighted by Crippen LogP contribution is -2.40. The van der Waals surface area contributed by atoms with E-state index in [1.807, 2.05) is 0 Å². The summed E-state index contributed by atoms with van der Waals surface area (Å²) in [4.78, 5) is 24.4. The smallest absolute Gasteiger partial charge is 0.471 e. The van der Waals surface area contributed by atoms with Crippen molar-refractivity contribution in [1.82, 2.24) is 4.90 Å². The average Bonchev–Trinajstić information content (AvgIpc) is 2.65. The second-order valence-electron chi connectivity index (χ2n) is 5.70. The van der Waals surface area contributed by atoms with Gasteiger partial charge in [-0.25, -0.2) is 0 Å². The van der Waals surface area contributed by atoms with Crippen molar-refractivity contribution in [2.75, 3.05) is 19.0 Å². The van der Waals surface area contributed by atoms with Crippen LogP contribution in [-0.4, -0.2) is 36.5 Å². The molecule has 0 atom stereocenters. The van der Waals surface area contributed by atoms with Gasteiger partial charge in [0.05, 0.1) is 7.11 Å². The van der Waals surface area contributed by atoms with E-state index in [1.54, 1.807) is 42.5 Å². The SMILES string of the molecule is CCN(Cc1cccc(NC(=O)c2ccc(OC)cc2)c1)C(=O)C(F)(F)F. The predicted octanol–water partition coefficient (Wildman–Crippen LogP) is 3.86. The van der Waals surface area contributed by atoms with Gasteiger partial charge in [0, 0.05) is 24.3 Å². The predicted molar refractivity (Wildman–Crippen MR) is 94.5 cm³/mol. The standard InChI is InChI=1S/C19H19F3N2O3/c1-3-24(18(26)19(20,21)22)12-13-5-4-6-15(11-13)23-17(25)14-7-9-16(27-2)10-8-14/h4-11H,3,12H2,1-2H3,(H,23,25). The molecule has 0 heterocycles. The number of halogens is 3. The summed E-state index contributed by atoms with van der Waals surface area (Å²) in [7, 11) is 1.52. The Morgan fingerprint density at radius 3 is 2.33 bits per heavy atom. The number of ether oxygens (including phenoxy) is 1. The molecule has 0 fully saturated rings. The van der Waals surface area contributed by atoms with E-state index < -0.39 is 12.1 Å². The van der Waals surface area contributed by atoms with Gasteiger partial charge in [0.15, 0.2) is 0 Å². The summed E-state index contributed by atoms with van der Waals surface area (Å²) in [5.74, 6) is -1.64. The molecule has 2 amide bonds. The van der Waals surface area contributed by atoms with Crippen molar-refractivity contribution in [2.24, 2.45) is 0 Å². The number of hydrogen-bond acceptors (Lipinski definition) is 3. The van der Waals surface area contributed by atoms with E-state index in [9.17, 15) is 22.8 Å². The normalized spacial score (nSPS) is 11.0. The van der Waals surface area contributed by atoms with Gasteiger partial charge in [0.2, 0.25) is 0 Å². The minimum atomic E-state index is -4.92. The van der Waals surface area contributed by atoms with Crippen LogP contribution in [0.4, 0.5) is 18.9 Å². The van der Waals surface area contributed by atoms with Gasteiger partial charge in [-0.15, -0.1) is 0 Å². The molecule has 0 aliphatic heterocycles. The van der Waals surface area contributed by atoms with E-state index in [-0.39, 0.29) is 19.0 Å². The molecule has 0 saturated heterocycles. The minimum Gasteiger partial charge on any atom is -0.497 e. The lowest BCUT2D eigenvalue weighted by molar-refractivity contribution is -0.185. The topological polar surface area (TPSA) is 58.6 Å². The Hall–Kier alpha value is -3.03. The van der Waals surface area contributed by atoms with Gasteiger partial charge < -0.3 is 15.0 Å². The first-order valence-corrected chi connectivity index (χ1v) is 8.15. The van der Waals surface area contributed by atoms with Crippen LogP contribution in [0.15, 0.2) is 48.5 Å². The van der Waals surface area contributed by atoms with Crippen LogP contribution < -0.4 is 10.1 Å². The highest BCUT2D eigenvalue weighted by molar-refractivity contribution is 6.04. The molecule has 0 saturated carbocycles. The fourth-order valence-electron chi connectivity index (χ4n) is 2.42. The summed E-state index contributed by atoms with van der Waals surface area (Å²) in [5, 5.41) is 2.68. The molecule has 8 heteroatoms. The second kappa shape index (κ2) is 8.57. The summed E-state index contributed by atoms with van der Waals surface area (Å²) in [6.45, 7) is 1.18. The zero-order valence-electron chi connectivity index (χ0n) is 14.8. The molecule has 0 spiro atoms. The maximum Gasteiger partial charge on any atom is 0.471 e. The Balaban J connectivity index is 2.09. The summed E-state index contributed by atoms with van der Waals surface area (Å²) >= 11 is 0. The molecule has 2 aromatic carbocycles. The molecule has 0 aliphatic carbocycles. The lowest BCUT2D eigenvalue weighted by Gasteiger charge is -2.22. The maximum absolute atomic E-state index is 12.6. The Morgan fingerprint density at radius 2 is 1.78 bits per heavy atom. The molecule has 2 rings (SSSR count). The number of anilines is 1. The van der Waals surface area contributed by atoms with E-state index in [1.165, 1.54) is 20.1 Å². The van der Waals surface area contributed by atoms with Gasteiger partial charge in [0.25, 0.3) is 5.91 Å². The van der Waals surface area contributed by atoms with Gasteiger partial charge in [-0.1, -0.05) is 12.1 Å². The number of alkyl halides is 3. The van der Waals surface area contributed by atoms with Gasteiger partial charge in [-0.05, 0) is 48.9 Å². The summed E-state index contributed by atoms with van der Waals surface area (Å²) in [6, 6.07) is 12.8. The third-order valence-electron chi connectivity index (χ3n) is 3.82. The van der Waals surface area contributed by atoms with Crippen molar-refractivity contribution >= 4 is 17.5 Å². The van der Waals surface area contributed by atoms with Crippen LogP contribution >= 0.6 is 0 Å². The number of nitrogens with zero attached hydrogens (tertiary/aromatic N) is 1. The van der Waals surface area contributed by atoms with Gasteiger partial charge in [-0.2, -0.15) is 13.2 Å². The van der Waals surface area contributed by atoms with Crippen LogP contribution in [0.25, 0.3) is 0 Å². The number of methoxy groups -OCH3 is 1. The highest BCUT2D eigenvalue weighted by Crippen LogP contribution is 2.21. The monoisotopic (exact) mass is 380 g/mol. The molecular formula is C19H19F3N2O3. The van der Waals surface area contributed by atoms with Crippen LogP contribution in [0, 0.1) is 0 Å². The van der Waals surface area contributed by atoms with E-state index in [0.717, 1.165) is 0 Å². The molecule has 0 bridgehead atoms. The van der Waals surface area contributed by atoms with Crippen molar-refractivity contribution in [1.29, 1.82) is 0 Å². The summed E-state index contributed by atoms with van der Waals surface area (Å²) < 4.78 is 42.9. The van der Waals surface area contributed by atoms with Crippen molar-refractivity contribution in [2.45, 2.75) is 19.6 Å². The molecule has 0 aromatic heterocycles. The Kier molecular flexibility index (Phi) is 6.44. The molecule has 27 heavy (non-hydrogen) atoms. The lowest BCUT2D eigenvalue weighted by atomic mass is 10.1. The van der Waals surface area contributed by atoms with Gasteiger partial charge in [-0.3, -0.25) is 9.59 Å². The van der Waals surface area contributed by atoms with E-state index in [2.05, 4.69) is 5.32 Å². The van der Waals surface area contributed by atoms with Gasteiger partial charge in [0.1, 0.15) is 5.75 Å². The first kappa shape index (κ1) is 20.3. The third-order valence-corrected chi connectivity index (χ3v) is 3.82. The van der Waals surface area contributed by atoms with Crippen LogP contribution in [0.2, 0.25) is 0 Å². The second-order valence-corrected chi connectivity index (χ2v) is 5.70. The molecule has 2 aromatic rings. The highest BCUT2D eigenvalue weighted by atomic mass is 19.4. The first-order valence-electron chi connectivity index (χ1n) is 8.15. The number of carbonyl (C=O) groups is 2. The first-order chi connectivity index (χ1) is 12.7. The van der Waals surface area contributed by atoms with E-state index in [0.29, 0.717) is 27.5 Å². The van der Waals surface area contributed by atoms with Crippen LogP contribution in [0.5, 0.6) is 5.75 Å². The molecule has 0 unspecified atom stereocenters. The zero-order valence-corrected chi connectivity index (χ0v) is 14.8. The van der Waals surface area contributed by atoms with E-state index in [4.69, 9.17) is 4.74 Å². The Labute approximate surface area is 154 Å². The minimum absolute atomic E-state index is 0.0826. The zero-order chi connectivity index (χ0) is 20.0. The third kappa shape index (κ3) is 5.47. The number of rotatable bonds is 6. The molecular weight excluding hydrogens is 361 g/mol. The molecule has 0 radical (unpaired) electrons. The number of carbonyl (C=O) groups excluding carboxylic acids is 2. The van der Waals surface area contributed by atoms with Gasteiger partial charge >= 0.3 is 12.1 Å². The van der Waals surface area contributed by atoms with Crippen LogP contribution in [0.1, 0.15) is 22.8 Å². The number of nitrogens with one attached hydrogen (secondary N) is 1. The maximum atomic E-state index is 12.6. The summed E-state index contributed by atoms with van der Waals surface area (Å²) in [5.41, 5.74) is 1.30. The Bertz CT molecular complexity index is 805. The fraction of sp³-hybridized carbons (Fsp3) is 0.263. The number of benzene rings is 2. The molecule has 1 N–H and O–H groups in total. The van der Waals surface area contributed by atoms with Crippen molar-refractivity contribution in [3.05, 3.63) is 59.7 Å². The number of hydrogen-bond donors (Lipinski definition) is 1. The van der Waals surface area contributed by atoms with Crippen LogP contribution in [-0.2, 0) is 11.3 Å². The molecule has 144 valence electrons. The number of amides is 2. The Morgan fingerprint density at radius 1 is 1.11 bits per heavy atom. The molecule has 5 nitrogen and oxygen atoms in total. The fourth-order valence-corrected chi connectivity index (χ4v) is 2.42.